The Morgan fingerprint density at radius 2 is 1.61 bits per heavy atom. The van der Waals surface area contributed by atoms with E-state index in [4.69, 9.17) is 14.2 Å². The summed E-state index contributed by atoms with van der Waals surface area (Å²) in [5.74, 6) is -1.30. The monoisotopic (exact) mass is 508 g/mol. The average Bonchev–Trinajstić information content (AvgIpc) is 2.64. The molecule has 0 spiro atoms. The molecule has 0 aromatic heterocycles. The predicted octanol–water partition coefficient (Wildman–Crippen LogP) is -2.09. The van der Waals surface area contributed by atoms with Gasteiger partial charge in [-0.25, -0.2) is 13.2 Å². The summed E-state index contributed by atoms with van der Waals surface area (Å²) in [5, 5.41) is 0. The molecule has 0 aliphatic heterocycles. The van der Waals surface area contributed by atoms with Gasteiger partial charge < -0.3 is 23.5 Å². The first-order valence-electron chi connectivity index (χ1n) is 9.03. The van der Waals surface area contributed by atoms with Gasteiger partial charge in [0, 0.05) is 24.4 Å². The van der Waals surface area contributed by atoms with Crippen molar-refractivity contribution in [3.05, 3.63) is 12.2 Å². The summed E-state index contributed by atoms with van der Waals surface area (Å²) in [6, 6.07) is 0. The Balaban J connectivity index is 0. The van der Waals surface area contributed by atoms with Crippen LogP contribution in [0.5, 0.6) is 0 Å². The van der Waals surface area contributed by atoms with Crippen molar-refractivity contribution in [2.75, 3.05) is 50.8 Å². The molecule has 0 bridgehead atoms. The molecule has 0 heterocycles. The molecule has 0 N–H and O–H groups in total. The molecule has 0 saturated carbocycles. The number of carbonyl (C=O) groups excluding carboxylic acids is 3. The summed E-state index contributed by atoms with van der Waals surface area (Å²) in [7, 11) is -2.96. The van der Waals surface area contributed by atoms with Crippen molar-refractivity contribution < 1.29 is 97.7 Å². The van der Waals surface area contributed by atoms with Gasteiger partial charge in [0.2, 0.25) is 0 Å². The van der Waals surface area contributed by atoms with Crippen LogP contribution in [-0.4, -0.2) is 81.7 Å². The second kappa shape index (κ2) is 17.5. The minimum atomic E-state index is -4.32. The zero-order valence-electron chi connectivity index (χ0n) is 18.5. The quantitative estimate of drug-likeness (QED) is 0.0565. The molecule has 10 nitrogen and oxygen atoms in total. The van der Waals surface area contributed by atoms with Crippen molar-refractivity contribution in [3.8, 4) is 0 Å². The van der Waals surface area contributed by atoms with Gasteiger partial charge in [-0.15, -0.1) is 0 Å². The molecule has 0 amide bonds. The maximum absolute atomic E-state index is 12.0. The van der Waals surface area contributed by atoms with Crippen LogP contribution in [0.15, 0.2) is 12.2 Å². The molecule has 0 aliphatic carbocycles. The molecular formula is C18H29KO10S2. The molecule has 0 fully saturated rings. The molecule has 0 atom stereocenters. The predicted molar refractivity (Wildman–Crippen MR) is 109 cm³/mol. The standard InChI is InChI=1S/C18H30O10S2.K/c1-14(11-28-16(20)12-25-4)10-27-15(19)6-8-29-13-18(2,3)17(21)26-7-5-9-30(22,23)24;/h1,5-13H2,2-4H3,(H,22,23,24);/q;+1/p-1. The Hall–Kier alpha value is 0.00636. The van der Waals surface area contributed by atoms with Gasteiger partial charge in [-0.3, -0.25) is 9.59 Å². The molecule has 0 aliphatic rings. The largest absolute Gasteiger partial charge is 1.00 e. The number of thioether (sulfide) groups is 1. The van der Waals surface area contributed by atoms with Gasteiger partial charge >= 0.3 is 69.3 Å². The van der Waals surface area contributed by atoms with Crippen LogP contribution in [0.2, 0.25) is 0 Å². The van der Waals surface area contributed by atoms with Gasteiger partial charge in [0.25, 0.3) is 0 Å². The second-order valence-electron chi connectivity index (χ2n) is 6.94. The van der Waals surface area contributed by atoms with Crippen LogP contribution >= 0.6 is 11.8 Å². The number of hydrogen-bond donors (Lipinski definition) is 0. The van der Waals surface area contributed by atoms with Crippen molar-refractivity contribution in [2.45, 2.75) is 26.7 Å². The maximum Gasteiger partial charge on any atom is 1.00 e. The van der Waals surface area contributed by atoms with Crippen LogP contribution in [0.25, 0.3) is 0 Å². The van der Waals surface area contributed by atoms with E-state index >= 15 is 0 Å². The molecule has 174 valence electrons. The number of ether oxygens (including phenoxy) is 4. The van der Waals surface area contributed by atoms with E-state index in [-0.39, 0.29) is 90.7 Å². The topological polar surface area (TPSA) is 145 Å². The Bertz CT molecular complexity index is 691. The SMILES string of the molecule is C=C(COC(=O)CCSCC(C)(C)C(=O)OCCCS(=O)(=O)[O-])COC(=O)COC.[K+]. The minimum absolute atomic E-state index is 0. The first kappa shape index (κ1) is 33.2. The van der Waals surface area contributed by atoms with E-state index in [1.807, 2.05) is 0 Å². The van der Waals surface area contributed by atoms with Crippen LogP contribution in [-0.2, 0) is 43.4 Å². The first-order valence-corrected chi connectivity index (χ1v) is 11.8. The van der Waals surface area contributed by atoms with E-state index in [1.54, 1.807) is 13.8 Å². The van der Waals surface area contributed by atoms with Crippen molar-refractivity contribution in [2.24, 2.45) is 5.41 Å². The zero-order chi connectivity index (χ0) is 23.2. The van der Waals surface area contributed by atoms with Gasteiger partial charge in [0.15, 0.2) is 0 Å². The number of carbonyl (C=O) groups is 3. The van der Waals surface area contributed by atoms with Crippen LogP contribution in [0.4, 0.5) is 0 Å². The molecule has 31 heavy (non-hydrogen) atoms. The van der Waals surface area contributed by atoms with E-state index in [1.165, 1.54) is 18.9 Å². The van der Waals surface area contributed by atoms with Gasteiger partial charge in [-0.1, -0.05) is 6.58 Å². The Morgan fingerprint density at radius 3 is 2.16 bits per heavy atom. The summed E-state index contributed by atoms with van der Waals surface area (Å²) in [4.78, 5) is 34.9. The van der Waals surface area contributed by atoms with Crippen molar-refractivity contribution in [1.82, 2.24) is 0 Å². The van der Waals surface area contributed by atoms with Crippen LogP contribution in [0.3, 0.4) is 0 Å². The van der Waals surface area contributed by atoms with Crippen molar-refractivity contribution >= 4 is 39.8 Å². The van der Waals surface area contributed by atoms with Crippen LogP contribution in [0.1, 0.15) is 26.7 Å². The fourth-order valence-corrected chi connectivity index (χ4v) is 3.33. The molecule has 0 aromatic rings. The van der Waals surface area contributed by atoms with Gasteiger partial charge in [-0.2, -0.15) is 11.8 Å². The van der Waals surface area contributed by atoms with E-state index in [0.717, 1.165) is 0 Å². The summed E-state index contributed by atoms with van der Waals surface area (Å²) in [5.41, 5.74) is -0.417. The molecule has 0 saturated heterocycles. The maximum atomic E-state index is 12.0. The Morgan fingerprint density at radius 1 is 1.03 bits per heavy atom. The van der Waals surface area contributed by atoms with Gasteiger partial charge in [0.05, 0.1) is 28.6 Å². The molecule has 0 aromatic carbocycles. The number of hydrogen-bond acceptors (Lipinski definition) is 11. The fraction of sp³-hybridized carbons (Fsp3) is 0.722. The van der Waals surface area contributed by atoms with Crippen LogP contribution < -0.4 is 51.4 Å². The molecule has 0 unspecified atom stereocenters. The average molecular weight is 509 g/mol. The van der Waals surface area contributed by atoms with Gasteiger partial charge in [-0.05, 0) is 25.8 Å². The third-order valence-corrected chi connectivity index (χ3v) is 5.58. The first-order chi connectivity index (χ1) is 13.9. The van der Waals surface area contributed by atoms with E-state index in [9.17, 15) is 27.4 Å². The second-order valence-corrected chi connectivity index (χ2v) is 9.57. The third kappa shape index (κ3) is 19.2. The summed E-state index contributed by atoms with van der Waals surface area (Å²) in [6.45, 7) is 6.53. The van der Waals surface area contributed by atoms with Gasteiger partial charge in [0.1, 0.15) is 19.8 Å². The zero-order valence-corrected chi connectivity index (χ0v) is 23.2. The molecule has 0 radical (unpaired) electrons. The fourth-order valence-electron chi connectivity index (χ4n) is 1.78. The summed E-state index contributed by atoms with van der Waals surface area (Å²) in [6.07, 6.45) is 0.0669. The Kier molecular flexibility index (Phi) is 18.7. The number of rotatable bonds is 16. The van der Waals surface area contributed by atoms with E-state index in [0.29, 0.717) is 17.1 Å². The van der Waals surface area contributed by atoms with Crippen LogP contribution in [0, 0.1) is 5.41 Å². The minimum Gasteiger partial charge on any atom is -0.748 e. The smallest absolute Gasteiger partial charge is 0.748 e. The normalized spacial score (nSPS) is 11.2. The van der Waals surface area contributed by atoms with E-state index < -0.39 is 39.2 Å². The van der Waals surface area contributed by atoms with Crippen molar-refractivity contribution in [1.29, 1.82) is 0 Å². The Labute approximate surface area is 230 Å². The number of esters is 3. The summed E-state index contributed by atoms with van der Waals surface area (Å²) >= 11 is 1.36. The third-order valence-electron chi connectivity index (χ3n) is 3.37. The molecule has 0 rings (SSSR count). The summed E-state index contributed by atoms with van der Waals surface area (Å²) < 4.78 is 51.0. The van der Waals surface area contributed by atoms with Crippen molar-refractivity contribution in [3.63, 3.8) is 0 Å². The molecule has 13 heteroatoms. The van der Waals surface area contributed by atoms with E-state index in [2.05, 4.69) is 11.3 Å². The molecular weight excluding hydrogens is 479 g/mol. The number of methoxy groups -OCH3 is 1.